The van der Waals surface area contributed by atoms with Crippen LogP contribution < -0.4 is 10.6 Å². The number of sulfonamides is 1. The number of rotatable bonds is 6. The topological polar surface area (TPSA) is 78.5 Å². The van der Waals surface area contributed by atoms with Gasteiger partial charge in [-0.05, 0) is 66.3 Å². The highest BCUT2D eigenvalue weighted by Gasteiger charge is 2.20. The van der Waals surface area contributed by atoms with Crippen molar-refractivity contribution in [1.82, 2.24) is 9.62 Å². The van der Waals surface area contributed by atoms with Crippen molar-refractivity contribution in [2.24, 2.45) is 0 Å². The van der Waals surface area contributed by atoms with Gasteiger partial charge in [-0.25, -0.2) is 12.8 Å². The maximum atomic E-state index is 13.0. The Balaban J connectivity index is 1.61. The molecule has 0 aliphatic carbocycles. The number of hydrogen-bond acceptors (Lipinski definition) is 4. The summed E-state index contributed by atoms with van der Waals surface area (Å²) in [5, 5.41) is 5.34. The van der Waals surface area contributed by atoms with E-state index in [1.54, 1.807) is 12.1 Å². The van der Waals surface area contributed by atoms with Crippen molar-refractivity contribution >= 4 is 38.9 Å². The first-order valence-electron chi connectivity index (χ1n) is 9.24. The monoisotopic (exact) mass is 457 g/mol. The maximum absolute atomic E-state index is 13.0. The summed E-state index contributed by atoms with van der Waals surface area (Å²) in [5.41, 5.74) is 1.65. The normalized spacial score (nSPS) is 11.2. The summed E-state index contributed by atoms with van der Waals surface area (Å²) in [6.07, 6.45) is 0. The van der Waals surface area contributed by atoms with Gasteiger partial charge in [-0.2, -0.15) is 4.31 Å². The van der Waals surface area contributed by atoms with E-state index in [0.29, 0.717) is 5.69 Å². The molecule has 0 radical (unpaired) electrons. The van der Waals surface area contributed by atoms with E-state index >= 15 is 0 Å². The molecule has 31 heavy (non-hydrogen) atoms. The molecule has 0 saturated heterocycles. The second-order valence-corrected chi connectivity index (χ2v) is 9.14. The Bertz CT molecular complexity index is 1170. The van der Waals surface area contributed by atoms with E-state index in [1.165, 1.54) is 47.8 Å². The third-order valence-electron chi connectivity index (χ3n) is 4.40. The van der Waals surface area contributed by atoms with E-state index in [2.05, 4.69) is 10.6 Å². The third-order valence-corrected chi connectivity index (χ3v) is 6.42. The van der Waals surface area contributed by atoms with Crippen molar-refractivity contribution in [3.63, 3.8) is 0 Å². The second-order valence-electron chi connectivity index (χ2n) is 6.69. The Morgan fingerprint density at radius 3 is 2.19 bits per heavy atom. The highest BCUT2D eigenvalue weighted by atomic mass is 32.2. The average Bonchev–Trinajstić information content (AvgIpc) is 2.75. The molecule has 3 aromatic rings. The average molecular weight is 458 g/mol. The van der Waals surface area contributed by atoms with Gasteiger partial charge in [0.1, 0.15) is 5.82 Å². The number of amides is 1. The second kappa shape index (κ2) is 9.78. The molecule has 160 valence electrons. The Kier molecular flexibility index (Phi) is 7.11. The van der Waals surface area contributed by atoms with E-state index in [9.17, 15) is 17.6 Å². The predicted molar refractivity (Wildman–Crippen MR) is 122 cm³/mol. The van der Waals surface area contributed by atoms with Crippen LogP contribution in [0.5, 0.6) is 0 Å². The van der Waals surface area contributed by atoms with Crippen LogP contribution in [-0.2, 0) is 16.6 Å². The molecule has 0 aliphatic heterocycles. The van der Waals surface area contributed by atoms with E-state index in [0.717, 1.165) is 5.56 Å². The zero-order valence-electron chi connectivity index (χ0n) is 16.6. The third kappa shape index (κ3) is 5.94. The molecular weight excluding hydrogens is 437 g/mol. The minimum Gasteiger partial charge on any atom is -0.332 e. The molecule has 0 saturated carbocycles. The van der Waals surface area contributed by atoms with E-state index in [4.69, 9.17) is 12.2 Å². The van der Waals surface area contributed by atoms with Gasteiger partial charge in [-0.1, -0.05) is 30.3 Å². The lowest BCUT2D eigenvalue weighted by atomic mass is 10.2. The van der Waals surface area contributed by atoms with Crippen LogP contribution in [0.25, 0.3) is 0 Å². The molecule has 3 aromatic carbocycles. The molecule has 0 heterocycles. The zero-order valence-corrected chi connectivity index (χ0v) is 18.2. The van der Waals surface area contributed by atoms with Gasteiger partial charge < -0.3 is 5.32 Å². The van der Waals surface area contributed by atoms with Crippen molar-refractivity contribution in [1.29, 1.82) is 0 Å². The minimum absolute atomic E-state index is 0.0335. The summed E-state index contributed by atoms with van der Waals surface area (Å²) in [6, 6.07) is 20.4. The van der Waals surface area contributed by atoms with Crippen LogP contribution in [0.15, 0.2) is 83.8 Å². The standard InChI is InChI=1S/C22H20FN3O3S2/c1-26(15-16-5-3-2-4-6-16)31(28,29)20-13-11-19(12-14-20)24-22(30)25-21(27)17-7-9-18(23)10-8-17/h2-14H,15H2,1H3,(H2,24,25,27,30). The number of carbonyl (C=O) groups is 1. The SMILES string of the molecule is CN(Cc1ccccc1)S(=O)(=O)c1ccc(NC(=S)NC(=O)c2ccc(F)cc2)cc1. The molecule has 0 aromatic heterocycles. The summed E-state index contributed by atoms with van der Waals surface area (Å²) >= 11 is 5.12. The highest BCUT2D eigenvalue weighted by molar-refractivity contribution is 7.89. The Morgan fingerprint density at radius 2 is 1.58 bits per heavy atom. The number of nitrogens with one attached hydrogen (secondary N) is 2. The molecule has 2 N–H and O–H groups in total. The van der Waals surface area contributed by atoms with Crippen LogP contribution in [0.1, 0.15) is 15.9 Å². The Hall–Kier alpha value is -3.14. The van der Waals surface area contributed by atoms with Gasteiger partial charge >= 0.3 is 0 Å². The van der Waals surface area contributed by atoms with Crippen molar-refractivity contribution in [3.8, 4) is 0 Å². The van der Waals surface area contributed by atoms with Gasteiger partial charge in [-0.15, -0.1) is 0 Å². The maximum Gasteiger partial charge on any atom is 0.257 e. The number of nitrogens with zero attached hydrogens (tertiary/aromatic N) is 1. The molecule has 0 atom stereocenters. The van der Waals surface area contributed by atoms with Gasteiger partial charge in [0.25, 0.3) is 5.91 Å². The minimum atomic E-state index is -3.67. The Labute approximate surface area is 185 Å². The van der Waals surface area contributed by atoms with Crippen LogP contribution >= 0.6 is 12.2 Å². The number of anilines is 1. The number of halogens is 1. The van der Waals surface area contributed by atoms with Crippen molar-refractivity contribution in [2.45, 2.75) is 11.4 Å². The van der Waals surface area contributed by atoms with Crippen LogP contribution in [0.2, 0.25) is 0 Å². The zero-order chi connectivity index (χ0) is 22.4. The fourth-order valence-electron chi connectivity index (χ4n) is 2.75. The van der Waals surface area contributed by atoms with Gasteiger partial charge in [0.05, 0.1) is 4.90 Å². The van der Waals surface area contributed by atoms with Gasteiger partial charge in [0, 0.05) is 24.8 Å². The van der Waals surface area contributed by atoms with E-state index in [-0.39, 0.29) is 22.1 Å². The van der Waals surface area contributed by atoms with Gasteiger partial charge in [-0.3, -0.25) is 10.1 Å². The summed E-state index contributed by atoms with van der Waals surface area (Å²) < 4.78 is 39.8. The van der Waals surface area contributed by atoms with Crippen molar-refractivity contribution in [2.75, 3.05) is 12.4 Å². The lowest BCUT2D eigenvalue weighted by molar-refractivity contribution is 0.0977. The van der Waals surface area contributed by atoms with Gasteiger partial charge in [0.2, 0.25) is 10.0 Å². The van der Waals surface area contributed by atoms with Gasteiger partial charge in [0.15, 0.2) is 5.11 Å². The number of benzene rings is 3. The summed E-state index contributed by atoms with van der Waals surface area (Å²) in [6.45, 7) is 0.253. The molecule has 0 aliphatic rings. The lowest BCUT2D eigenvalue weighted by Crippen LogP contribution is -2.34. The molecule has 0 spiro atoms. The molecule has 3 rings (SSSR count). The largest absolute Gasteiger partial charge is 0.332 e. The Morgan fingerprint density at radius 1 is 0.968 bits per heavy atom. The predicted octanol–water partition coefficient (Wildman–Crippen LogP) is 3.77. The number of hydrogen-bond donors (Lipinski definition) is 2. The summed E-state index contributed by atoms with van der Waals surface area (Å²) in [4.78, 5) is 12.3. The fourth-order valence-corrected chi connectivity index (χ4v) is 4.12. The van der Waals surface area contributed by atoms with E-state index < -0.39 is 21.7 Å². The molecule has 1 amide bonds. The smallest absolute Gasteiger partial charge is 0.257 e. The molecule has 0 bridgehead atoms. The first-order valence-corrected chi connectivity index (χ1v) is 11.1. The van der Waals surface area contributed by atoms with Crippen molar-refractivity contribution < 1.29 is 17.6 Å². The number of carbonyl (C=O) groups excluding carboxylic acids is 1. The van der Waals surface area contributed by atoms with Crippen LogP contribution in [0.4, 0.5) is 10.1 Å². The molecule has 9 heteroatoms. The molecular formula is C22H20FN3O3S2. The lowest BCUT2D eigenvalue weighted by Gasteiger charge is -2.17. The van der Waals surface area contributed by atoms with Crippen LogP contribution in [0.3, 0.4) is 0 Å². The quantitative estimate of drug-likeness (QED) is 0.551. The summed E-state index contributed by atoms with van der Waals surface area (Å²) in [7, 11) is -2.15. The van der Waals surface area contributed by atoms with Crippen LogP contribution in [0, 0.1) is 5.82 Å². The van der Waals surface area contributed by atoms with E-state index in [1.807, 2.05) is 30.3 Å². The first kappa shape index (κ1) is 22.5. The molecule has 0 fully saturated rings. The number of thiocarbonyl (C=S) groups is 1. The molecule has 0 unspecified atom stereocenters. The van der Waals surface area contributed by atoms with Crippen LogP contribution in [-0.4, -0.2) is 30.8 Å². The highest BCUT2D eigenvalue weighted by Crippen LogP contribution is 2.19. The molecule has 6 nitrogen and oxygen atoms in total. The summed E-state index contributed by atoms with van der Waals surface area (Å²) in [5.74, 6) is -0.930. The first-order chi connectivity index (χ1) is 14.8. The van der Waals surface area contributed by atoms with Crippen molar-refractivity contribution in [3.05, 3.63) is 95.8 Å². The fraction of sp³-hybridized carbons (Fsp3) is 0.0909.